The summed E-state index contributed by atoms with van der Waals surface area (Å²) in [7, 11) is 1.56. The van der Waals surface area contributed by atoms with Crippen molar-refractivity contribution in [3.8, 4) is 11.5 Å². The number of carbonyl (C=O) groups excluding carboxylic acids is 1. The average molecular weight is 532 g/mol. The number of aliphatic carboxylic acids is 1. The molecule has 0 unspecified atom stereocenters. The van der Waals surface area contributed by atoms with Crippen molar-refractivity contribution in [3.63, 3.8) is 0 Å². The molecule has 5 rings (SSSR count). The van der Waals surface area contributed by atoms with Crippen molar-refractivity contribution in [2.45, 2.75) is 50.7 Å². The SMILES string of the molecule is COc1ccc2c(c1OCc1ccccc1)C[C@@H](C(=O)O)N(C(=O)[C@H](OC1CCOCC1)c1ccccc1)C2. The van der Waals surface area contributed by atoms with Crippen molar-refractivity contribution in [1.82, 2.24) is 4.90 Å². The predicted octanol–water partition coefficient (Wildman–Crippen LogP) is 4.55. The fourth-order valence-corrected chi connectivity index (χ4v) is 5.18. The summed E-state index contributed by atoms with van der Waals surface area (Å²) in [5.74, 6) is -0.411. The number of fused-ring (bicyclic) bond motifs is 1. The van der Waals surface area contributed by atoms with Crippen LogP contribution in [0.15, 0.2) is 72.8 Å². The van der Waals surface area contributed by atoms with Crippen molar-refractivity contribution >= 4 is 11.9 Å². The van der Waals surface area contributed by atoms with E-state index < -0.39 is 18.1 Å². The summed E-state index contributed by atoms with van der Waals surface area (Å²) < 4.78 is 23.6. The molecule has 2 aliphatic heterocycles. The molecule has 2 aliphatic rings. The lowest BCUT2D eigenvalue weighted by Crippen LogP contribution is -2.51. The van der Waals surface area contributed by atoms with Gasteiger partial charge in [0, 0.05) is 31.7 Å². The molecule has 2 heterocycles. The number of carboxylic acids is 1. The maximum atomic E-state index is 14.1. The number of hydrogen-bond acceptors (Lipinski definition) is 6. The van der Waals surface area contributed by atoms with Gasteiger partial charge in [0.2, 0.25) is 0 Å². The van der Waals surface area contributed by atoms with E-state index in [1.54, 1.807) is 13.2 Å². The Morgan fingerprint density at radius 3 is 2.36 bits per heavy atom. The van der Waals surface area contributed by atoms with Crippen LogP contribution < -0.4 is 9.47 Å². The molecular weight excluding hydrogens is 498 g/mol. The van der Waals surface area contributed by atoms with Gasteiger partial charge in [0.15, 0.2) is 17.6 Å². The van der Waals surface area contributed by atoms with E-state index in [-0.39, 0.29) is 25.0 Å². The van der Waals surface area contributed by atoms with Crippen LogP contribution in [0.5, 0.6) is 11.5 Å². The minimum atomic E-state index is -1.08. The average Bonchev–Trinajstić information content (AvgIpc) is 2.99. The Morgan fingerprint density at radius 1 is 1.00 bits per heavy atom. The molecule has 0 saturated carbocycles. The number of rotatable bonds is 9. The molecule has 1 amide bonds. The maximum Gasteiger partial charge on any atom is 0.326 e. The molecule has 3 aromatic rings. The third-order valence-corrected chi connectivity index (χ3v) is 7.27. The number of hydrogen-bond donors (Lipinski definition) is 1. The number of benzene rings is 3. The second-order valence-electron chi connectivity index (χ2n) is 9.77. The Labute approximate surface area is 228 Å². The van der Waals surface area contributed by atoms with Gasteiger partial charge < -0.3 is 29.0 Å². The molecule has 204 valence electrons. The summed E-state index contributed by atoms with van der Waals surface area (Å²) >= 11 is 0. The molecule has 1 fully saturated rings. The monoisotopic (exact) mass is 531 g/mol. The van der Waals surface area contributed by atoms with Gasteiger partial charge in [-0.05, 0) is 35.6 Å². The van der Waals surface area contributed by atoms with Crippen LogP contribution in [-0.2, 0) is 38.6 Å². The zero-order chi connectivity index (χ0) is 27.2. The van der Waals surface area contributed by atoms with Gasteiger partial charge in [-0.1, -0.05) is 66.7 Å². The molecule has 39 heavy (non-hydrogen) atoms. The molecule has 1 N–H and O–H groups in total. The van der Waals surface area contributed by atoms with Crippen LogP contribution in [0.4, 0.5) is 0 Å². The lowest BCUT2D eigenvalue weighted by atomic mass is 9.91. The number of amides is 1. The molecule has 0 radical (unpaired) electrons. The normalized spacial score (nSPS) is 18.2. The first-order valence-electron chi connectivity index (χ1n) is 13.2. The van der Waals surface area contributed by atoms with Gasteiger partial charge in [0.05, 0.1) is 13.2 Å². The van der Waals surface area contributed by atoms with E-state index in [4.69, 9.17) is 18.9 Å². The van der Waals surface area contributed by atoms with E-state index in [1.165, 1.54) is 4.90 Å². The fourth-order valence-electron chi connectivity index (χ4n) is 5.18. The highest BCUT2D eigenvalue weighted by molar-refractivity contribution is 5.88. The summed E-state index contributed by atoms with van der Waals surface area (Å²) in [5, 5.41) is 10.3. The van der Waals surface area contributed by atoms with Gasteiger partial charge in [-0.3, -0.25) is 4.79 Å². The number of methoxy groups -OCH3 is 1. The minimum Gasteiger partial charge on any atom is -0.493 e. The minimum absolute atomic E-state index is 0.0938. The van der Waals surface area contributed by atoms with Crippen molar-refractivity contribution < 1.29 is 33.6 Å². The third-order valence-electron chi connectivity index (χ3n) is 7.27. The van der Waals surface area contributed by atoms with Crippen molar-refractivity contribution in [2.75, 3.05) is 20.3 Å². The Kier molecular flexibility index (Phi) is 8.44. The topological polar surface area (TPSA) is 94.5 Å². The van der Waals surface area contributed by atoms with Crippen molar-refractivity contribution in [2.24, 2.45) is 0 Å². The van der Waals surface area contributed by atoms with Crippen LogP contribution in [-0.4, -0.2) is 54.4 Å². The largest absolute Gasteiger partial charge is 0.493 e. The number of carbonyl (C=O) groups is 2. The van der Waals surface area contributed by atoms with E-state index in [9.17, 15) is 14.7 Å². The van der Waals surface area contributed by atoms with Crippen molar-refractivity contribution in [1.29, 1.82) is 0 Å². The summed E-state index contributed by atoms with van der Waals surface area (Å²) in [6.07, 6.45) is 0.407. The number of carboxylic acid groups (broad SMARTS) is 1. The Bertz CT molecular complexity index is 1270. The first-order valence-corrected chi connectivity index (χ1v) is 13.2. The highest BCUT2D eigenvalue weighted by Gasteiger charge is 2.40. The molecule has 0 bridgehead atoms. The Hall–Kier alpha value is -3.88. The van der Waals surface area contributed by atoms with Gasteiger partial charge in [0.1, 0.15) is 12.6 Å². The number of nitrogens with zero attached hydrogens (tertiary/aromatic N) is 1. The summed E-state index contributed by atoms with van der Waals surface area (Å²) in [5.41, 5.74) is 3.24. The maximum absolute atomic E-state index is 14.1. The first-order chi connectivity index (χ1) is 19.0. The van der Waals surface area contributed by atoms with Crippen LogP contribution in [0.25, 0.3) is 0 Å². The second-order valence-corrected chi connectivity index (χ2v) is 9.77. The summed E-state index contributed by atoms with van der Waals surface area (Å²) in [6, 6.07) is 21.6. The number of ether oxygens (including phenoxy) is 4. The fraction of sp³-hybridized carbons (Fsp3) is 0.355. The van der Waals surface area contributed by atoms with Gasteiger partial charge in [0.25, 0.3) is 5.91 Å². The van der Waals surface area contributed by atoms with Crippen molar-refractivity contribution in [3.05, 3.63) is 95.1 Å². The van der Waals surface area contributed by atoms with E-state index in [2.05, 4.69) is 0 Å². The van der Waals surface area contributed by atoms with Crippen LogP contribution in [0.2, 0.25) is 0 Å². The molecule has 0 aliphatic carbocycles. The van der Waals surface area contributed by atoms with E-state index >= 15 is 0 Å². The van der Waals surface area contributed by atoms with Crippen LogP contribution in [0, 0.1) is 0 Å². The highest BCUT2D eigenvalue weighted by Crippen LogP contribution is 2.40. The molecule has 8 heteroatoms. The molecule has 2 atom stereocenters. The highest BCUT2D eigenvalue weighted by atomic mass is 16.5. The Balaban J connectivity index is 1.45. The van der Waals surface area contributed by atoms with E-state index in [0.29, 0.717) is 49.7 Å². The molecule has 1 saturated heterocycles. The van der Waals surface area contributed by atoms with Crippen LogP contribution in [0.3, 0.4) is 0 Å². The summed E-state index contributed by atoms with van der Waals surface area (Å²) in [6.45, 7) is 1.58. The smallest absolute Gasteiger partial charge is 0.326 e. The Morgan fingerprint density at radius 2 is 1.69 bits per heavy atom. The zero-order valence-electron chi connectivity index (χ0n) is 22.0. The van der Waals surface area contributed by atoms with Gasteiger partial charge >= 0.3 is 5.97 Å². The van der Waals surface area contributed by atoms with Gasteiger partial charge in [-0.2, -0.15) is 0 Å². The van der Waals surface area contributed by atoms with Crippen LogP contribution >= 0.6 is 0 Å². The van der Waals surface area contributed by atoms with Gasteiger partial charge in [-0.15, -0.1) is 0 Å². The lowest BCUT2D eigenvalue weighted by Gasteiger charge is -2.38. The third kappa shape index (κ3) is 6.08. The summed E-state index contributed by atoms with van der Waals surface area (Å²) in [4.78, 5) is 28.0. The zero-order valence-corrected chi connectivity index (χ0v) is 22.0. The standard InChI is InChI=1S/C31H33NO7/c1-36-27-13-12-23-19-32(26(31(34)35)18-25(23)29(27)38-20-21-8-4-2-5-9-21)30(33)28(22-10-6-3-7-11-22)39-24-14-16-37-17-15-24/h2-13,24,26,28H,14-20H2,1H3,(H,34,35)/t26-,28+/m0/s1. The van der Waals surface area contributed by atoms with E-state index in [0.717, 1.165) is 16.7 Å². The predicted molar refractivity (Wildman–Crippen MR) is 144 cm³/mol. The second kappa shape index (κ2) is 12.3. The quantitative estimate of drug-likeness (QED) is 0.433. The van der Waals surface area contributed by atoms with Crippen LogP contribution in [0.1, 0.15) is 41.2 Å². The molecule has 3 aromatic carbocycles. The molecular formula is C31H33NO7. The first kappa shape index (κ1) is 26.7. The van der Waals surface area contributed by atoms with E-state index in [1.807, 2.05) is 66.7 Å². The van der Waals surface area contributed by atoms with Gasteiger partial charge in [-0.25, -0.2) is 4.79 Å². The molecule has 8 nitrogen and oxygen atoms in total. The molecule has 0 aromatic heterocycles. The lowest BCUT2D eigenvalue weighted by molar-refractivity contribution is -0.162. The molecule has 0 spiro atoms.